The second kappa shape index (κ2) is 8.50. The van der Waals surface area contributed by atoms with Gasteiger partial charge in [0.25, 0.3) is 0 Å². The molecule has 0 aromatic heterocycles. The molecule has 1 aliphatic heterocycles. The molecule has 1 N–H and O–H groups in total. The zero-order valence-electron chi connectivity index (χ0n) is 15.3. The molecule has 1 heterocycles. The van der Waals surface area contributed by atoms with Gasteiger partial charge in [-0.1, -0.05) is 42.5 Å². The van der Waals surface area contributed by atoms with Crippen LogP contribution in [-0.2, 0) is 13.0 Å². The van der Waals surface area contributed by atoms with Gasteiger partial charge in [0.05, 0.1) is 12.2 Å². The first-order valence-electron chi connectivity index (χ1n) is 9.30. The Morgan fingerprint density at radius 2 is 1.84 bits per heavy atom. The molecule has 0 saturated carbocycles. The molecule has 0 amide bonds. The Balaban J connectivity index is 1.62. The van der Waals surface area contributed by atoms with Crippen molar-refractivity contribution in [2.45, 2.75) is 45.4 Å². The van der Waals surface area contributed by atoms with E-state index in [0.717, 1.165) is 38.2 Å². The van der Waals surface area contributed by atoms with E-state index in [1.165, 1.54) is 11.1 Å². The van der Waals surface area contributed by atoms with Crippen LogP contribution in [0.1, 0.15) is 31.4 Å². The number of piperidine rings is 1. The van der Waals surface area contributed by atoms with Crippen molar-refractivity contribution in [3.8, 4) is 5.75 Å². The van der Waals surface area contributed by atoms with E-state index in [9.17, 15) is 5.11 Å². The molecule has 2 unspecified atom stereocenters. The summed E-state index contributed by atoms with van der Waals surface area (Å²) in [6, 6.07) is 18.9. The lowest BCUT2D eigenvalue weighted by Gasteiger charge is -2.36. The third-order valence-electron chi connectivity index (χ3n) is 4.80. The van der Waals surface area contributed by atoms with Crippen LogP contribution >= 0.6 is 0 Å². The number of likely N-dealkylation sites (tertiary alicyclic amines) is 1. The number of aliphatic hydroxyl groups is 1. The molecule has 3 heteroatoms. The highest BCUT2D eigenvalue weighted by atomic mass is 16.5. The van der Waals surface area contributed by atoms with Crippen molar-refractivity contribution >= 4 is 0 Å². The highest BCUT2D eigenvalue weighted by molar-refractivity contribution is 5.29. The molecule has 2 atom stereocenters. The Bertz CT molecular complexity index is 656. The average Bonchev–Trinajstić information content (AvgIpc) is 2.59. The molecule has 1 saturated heterocycles. The van der Waals surface area contributed by atoms with E-state index in [-0.39, 0.29) is 18.1 Å². The summed E-state index contributed by atoms with van der Waals surface area (Å²) in [6.07, 6.45) is 1.69. The van der Waals surface area contributed by atoms with Crippen LogP contribution in [0.4, 0.5) is 0 Å². The molecule has 3 rings (SSSR count). The number of aliphatic hydroxyl groups excluding tert-OH is 1. The quantitative estimate of drug-likeness (QED) is 0.866. The van der Waals surface area contributed by atoms with Crippen molar-refractivity contribution in [3.05, 3.63) is 65.7 Å². The normalized spacial score (nSPS) is 21.4. The Morgan fingerprint density at radius 1 is 1.08 bits per heavy atom. The summed E-state index contributed by atoms with van der Waals surface area (Å²) in [5.74, 6) is 1.19. The summed E-state index contributed by atoms with van der Waals surface area (Å²) >= 11 is 0. The Hall–Kier alpha value is -1.84. The smallest absolute Gasteiger partial charge is 0.119 e. The van der Waals surface area contributed by atoms with Crippen molar-refractivity contribution in [2.75, 3.05) is 13.1 Å². The zero-order chi connectivity index (χ0) is 17.6. The maximum atomic E-state index is 10.5. The van der Waals surface area contributed by atoms with Gasteiger partial charge in [-0.05, 0) is 49.9 Å². The third kappa shape index (κ3) is 5.32. The fourth-order valence-corrected chi connectivity index (χ4v) is 3.60. The number of hydrogen-bond acceptors (Lipinski definition) is 3. The van der Waals surface area contributed by atoms with Crippen LogP contribution in [0.5, 0.6) is 5.75 Å². The van der Waals surface area contributed by atoms with Crippen molar-refractivity contribution in [2.24, 2.45) is 5.92 Å². The maximum absolute atomic E-state index is 10.5. The minimum atomic E-state index is -0.221. The minimum Gasteiger partial charge on any atom is -0.491 e. The van der Waals surface area contributed by atoms with Crippen molar-refractivity contribution in [1.82, 2.24) is 4.90 Å². The van der Waals surface area contributed by atoms with E-state index < -0.39 is 0 Å². The lowest BCUT2D eigenvalue weighted by atomic mass is 9.88. The van der Waals surface area contributed by atoms with E-state index in [1.54, 1.807) is 0 Å². The second-order valence-corrected chi connectivity index (χ2v) is 7.35. The van der Waals surface area contributed by atoms with Gasteiger partial charge >= 0.3 is 0 Å². The summed E-state index contributed by atoms with van der Waals surface area (Å²) in [5.41, 5.74) is 2.58. The Labute approximate surface area is 151 Å². The summed E-state index contributed by atoms with van der Waals surface area (Å²) in [7, 11) is 0. The lowest BCUT2D eigenvalue weighted by molar-refractivity contribution is 0.0239. The van der Waals surface area contributed by atoms with Gasteiger partial charge in [-0.15, -0.1) is 0 Å². The van der Waals surface area contributed by atoms with Crippen LogP contribution in [0.15, 0.2) is 54.6 Å². The van der Waals surface area contributed by atoms with Gasteiger partial charge in [-0.25, -0.2) is 0 Å². The Kier molecular flexibility index (Phi) is 6.11. The van der Waals surface area contributed by atoms with Crippen molar-refractivity contribution in [3.63, 3.8) is 0 Å². The van der Waals surface area contributed by atoms with E-state index >= 15 is 0 Å². The summed E-state index contributed by atoms with van der Waals surface area (Å²) in [4.78, 5) is 2.46. The molecule has 0 spiro atoms. The van der Waals surface area contributed by atoms with Gasteiger partial charge < -0.3 is 9.84 Å². The van der Waals surface area contributed by atoms with Gasteiger partial charge in [-0.3, -0.25) is 4.90 Å². The molecule has 0 radical (unpaired) electrons. The first kappa shape index (κ1) is 18.0. The molecule has 0 aliphatic carbocycles. The van der Waals surface area contributed by atoms with Gasteiger partial charge in [0.1, 0.15) is 5.75 Å². The Morgan fingerprint density at radius 3 is 2.60 bits per heavy atom. The highest BCUT2D eigenvalue weighted by Crippen LogP contribution is 2.25. The third-order valence-corrected chi connectivity index (χ3v) is 4.80. The monoisotopic (exact) mass is 339 g/mol. The van der Waals surface area contributed by atoms with Crippen LogP contribution in [-0.4, -0.2) is 35.3 Å². The average molecular weight is 339 g/mol. The number of rotatable bonds is 6. The van der Waals surface area contributed by atoms with E-state index in [1.807, 2.05) is 26.0 Å². The van der Waals surface area contributed by atoms with Crippen molar-refractivity contribution < 1.29 is 9.84 Å². The topological polar surface area (TPSA) is 32.7 Å². The second-order valence-electron chi connectivity index (χ2n) is 7.35. The van der Waals surface area contributed by atoms with Gasteiger partial charge in [0.2, 0.25) is 0 Å². The highest BCUT2D eigenvalue weighted by Gasteiger charge is 2.27. The molecule has 25 heavy (non-hydrogen) atoms. The first-order chi connectivity index (χ1) is 12.1. The van der Waals surface area contributed by atoms with Crippen LogP contribution < -0.4 is 4.74 Å². The van der Waals surface area contributed by atoms with Gasteiger partial charge in [0, 0.05) is 25.6 Å². The van der Waals surface area contributed by atoms with E-state index in [0.29, 0.717) is 0 Å². The minimum absolute atomic E-state index is 0.178. The van der Waals surface area contributed by atoms with Crippen LogP contribution in [0.3, 0.4) is 0 Å². The van der Waals surface area contributed by atoms with Crippen LogP contribution in [0.25, 0.3) is 0 Å². The predicted molar refractivity (Wildman–Crippen MR) is 102 cm³/mol. The molecule has 3 nitrogen and oxygen atoms in total. The van der Waals surface area contributed by atoms with E-state index in [2.05, 4.69) is 47.4 Å². The molecule has 0 bridgehead atoms. The maximum Gasteiger partial charge on any atom is 0.119 e. The fraction of sp³-hybridized carbons (Fsp3) is 0.455. The predicted octanol–water partition coefficient (Wildman–Crippen LogP) is 3.90. The van der Waals surface area contributed by atoms with E-state index in [4.69, 9.17) is 4.74 Å². The summed E-state index contributed by atoms with van der Waals surface area (Å²) < 4.78 is 5.80. The molecule has 1 fully saturated rings. The number of benzene rings is 2. The van der Waals surface area contributed by atoms with Crippen LogP contribution in [0, 0.1) is 5.92 Å². The molecule has 2 aromatic rings. The SMILES string of the molecule is CC(C)Oc1cccc(CC2CN(Cc3ccccc3)CCC2O)c1. The zero-order valence-corrected chi connectivity index (χ0v) is 15.3. The van der Waals surface area contributed by atoms with Gasteiger partial charge in [0.15, 0.2) is 0 Å². The largest absolute Gasteiger partial charge is 0.491 e. The van der Waals surface area contributed by atoms with Gasteiger partial charge in [-0.2, -0.15) is 0 Å². The standard InChI is InChI=1S/C22H29NO2/c1-17(2)25-21-10-6-9-19(14-21)13-20-16-23(12-11-22(20)24)15-18-7-4-3-5-8-18/h3-10,14,17,20,22,24H,11-13,15-16H2,1-2H3. The molecular weight excluding hydrogens is 310 g/mol. The fourth-order valence-electron chi connectivity index (χ4n) is 3.60. The molecular formula is C22H29NO2. The summed E-state index contributed by atoms with van der Waals surface area (Å²) in [5, 5.41) is 10.5. The van der Waals surface area contributed by atoms with Crippen LogP contribution in [0.2, 0.25) is 0 Å². The molecule has 1 aliphatic rings. The molecule has 2 aromatic carbocycles. The summed E-state index contributed by atoms with van der Waals surface area (Å²) in [6.45, 7) is 6.94. The number of hydrogen-bond donors (Lipinski definition) is 1. The van der Waals surface area contributed by atoms with Crippen molar-refractivity contribution in [1.29, 1.82) is 0 Å². The number of nitrogens with zero attached hydrogens (tertiary/aromatic N) is 1. The first-order valence-corrected chi connectivity index (χ1v) is 9.30. The lowest BCUT2D eigenvalue weighted by Crippen LogP contribution is -2.43. The molecule has 134 valence electrons. The number of ether oxygens (including phenoxy) is 1.